The summed E-state index contributed by atoms with van der Waals surface area (Å²) in [6, 6.07) is 5.46. The predicted octanol–water partition coefficient (Wildman–Crippen LogP) is 3.27. The van der Waals surface area contributed by atoms with Crippen molar-refractivity contribution in [2.45, 2.75) is 51.7 Å². The fraction of sp³-hybridized carbons (Fsp3) is 0.529. The fourth-order valence-corrected chi connectivity index (χ4v) is 2.89. The molecule has 1 aliphatic rings. The van der Waals surface area contributed by atoms with Gasteiger partial charge in [-0.3, -0.25) is 0 Å². The van der Waals surface area contributed by atoms with Crippen LogP contribution in [0.1, 0.15) is 38.8 Å². The van der Waals surface area contributed by atoms with E-state index in [9.17, 15) is 9.59 Å². The zero-order valence-corrected chi connectivity index (χ0v) is 14.6. The third kappa shape index (κ3) is 4.16. The number of carbonyl (C=O) groups excluding carboxylic acids is 2. The highest BCUT2D eigenvalue weighted by Crippen LogP contribution is 2.33. The Labute approximate surface area is 141 Å². The second-order valence-corrected chi connectivity index (χ2v) is 7.13. The third-order valence-electron chi connectivity index (χ3n) is 3.56. The Balaban J connectivity index is 2.26. The first-order valence-corrected chi connectivity index (χ1v) is 7.99. The van der Waals surface area contributed by atoms with Gasteiger partial charge in [0.15, 0.2) is 0 Å². The first kappa shape index (κ1) is 17.6. The summed E-state index contributed by atoms with van der Waals surface area (Å²) >= 11 is 6.02. The van der Waals surface area contributed by atoms with E-state index < -0.39 is 23.2 Å². The van der Waals surface area contributed by atoms with Crippen molar-refractivity contribution >= 4 is 23.7 Å². The molecule has 2 rings (SSSR count). The average molecular weight is 340 g/mol. The van der Waals surface area contributed by atoms with Crippen molar-refractivity contribution in [2.75, 3.05) is 6.61 Å². The maximum Gasteiger partial charge on any atom is 0.408 e. The highest BCUT2D eigenvalue weighted by molar-refractivity contribution is 6.30. The van der Waals surface area contributed by atoms with Gasteiger partial charge in [0, 0.05) is 17.9 Å². The van der Waals surface area contributed by atoms with Gasteiger partial charge in [-0.15, -0.1) is 0 Å². The third-order valence-corrected chi connectivity index (χ3v) is 3.79. The van der Waals surface area contributed by atoms with Gasteiger partial charge in [-0.05, 0) is 51.0 Å². The summed E-state index contributed by atoms with van der Waals surface area (Å²) in [5, 5.41) is 3.32. The summed E-state index contributed by atoms with van der Waals surface area (Å²) in [5.74, 6) is -0.460. The molecule has 1 aromatic rings. The van der Waals surface area contributed by atoms with Gasteiger partial charge in [-0.2, -0.15) is 0 Å². The molecular formula is C17H22ClNO4. The number of fused-ring (bicyclic) bond motifs is 1. The quantitative estimate of drug-likeness (QED) is 0.858. The summed E-state index contributed by atoms with van der Waals surface area (Å²) in [6.07, 6.45) is 0.0582. The largest absolute Gasteiger partial charge is 0.464 e. The molecule has 1 atom stereocenters. The number of rotatable bonds is 3. The smallest absolute Gasteiger partial charge is 0.408 e. The van der Waals surface area contributed by atoms with Gasteiger partial charge in [-0.25, -0.2) is 9.59 Å². The topological polar surface area (TPSA) is 64.6 Å². The zero-order valence-electron chi connectivity index (χ0n) is 13.9. The van der Waals surface area contributed by atoms with E-state index in [1.807, 2.05) is 12.1 Å². The van der Waals surface area contributed by atoms with Crippen LogP contribution < -0.4 is 5.32 Å². The average Bonchev–Trinajstić information content (AvgIpc) is 2.75. The molecule has 1 N–H and O–H groups in total. The SMILES string of the molecule is CCOC(=O)[C@]1(NC(=O)OC(C)(C)C)Cc2ccc(Cl)cc2C1. The molecule has 23 heavy (non-hydrogen) atoms. The summed E-state index contributed by atoms with van der Waals surface area (Å²) in [5.41, 5.74) is 0.111. The number of alkyl carbamates (subject to hydrolysis) is 1. The molecule has 0 unspecified atom stereocenters. The Morgan fingerprint density at radius 3 is 2.52 bits per heavy atom. The number of hydrogen-bond donors (Lipinski definition) is 1. The van der Waals surface area contributed by atoms with Gasteiger partial charge in [0.2, 0.25) is 0 Å². The van der Waals surface area contributed by atoms with E-state index in [1.54, 1.807) is 33.8 Å². The molecule has 0 heterocycles. The normalized spacial score (nSPS) is 19.9. The predicted molar refractivity (Wildman–Crippen MR) is 87.6 cm³/mol. The molecule has 0 bridgehead atoms. The van der Waals surface area contributed by atoms with Crippen molar-refractivity contribution in [2.24, 2.45) is 0 Å². The number of halogens is 1. The van der Waals surface area contributed by atoms with Gasteiger partial charge in [-0.1, -0.05) is 17.7 Å². The number of ether oxygens (including phenoxy) is 2. The van der Waals surface area contributed by atoms with Crippen LogP contribution in [0, 0.1) is 0 Å². The molecule has 0 spiro atoms. The molecule has 0 saturated carbocycles. The van der Waals surface area contributed by atoms with Crippen LogP contribution in [0.5, 0.6) is 0 Å². The second-order valence-electron chi connectivity index (χ2n) is 6.70. The van der Waals surface area contributed by atoms with Crippen LogP contribution in [0.25, 0.3) is 0 Å². The van der Waals surface area contributed by atoms with Crippen LogP contribution in [0.3, 0.4) is 0 Å². The molecule has 1 aromatic carbocycles. The molecule has 6 heteroatoms. The van der Waals surface area contributed by atoms with Crippen LogP contribution >= 0.6 is 11.6 Å². The first-order valence-electron chi connectivity index (χ1n) is 7.61. The number of benzene rings is 1. The van der Waals surface area contributed by atoms with E-state index in [0.29, 0.717) is 17.9 Å². The van der Waals surface area contributed by atoms with Crippen molar-refractivity contribution in [3.8, 4) is 0 Å². The van der Waals surface area contributed by atoms with Crippen molar-refractivity contribution in [1.29, 1.82) is 0 Å². The van der Waals surface area contributed by atoms with Crippen molar-refractivity contribution < 1.29 is 19.1 Å². The van der Waals surface area contributed by atoms with Crippen LogP contribution in [-0.2, 0) is 27.1 Å². The lowest BCUT2D eigenvalue weighted by Crippen LogP contribution is -2.57. The number of carbonyl (C=O) groups is 2. The Hall–Kier alpha value is -1.75. The van der Waals surface area contributed by atoms with Gasteiger partial charge in [0.25, 0.3) is 0 Å². The van der Waals surface area contributed by atoms with E-state index in [1.165, 1.54) is 0 Å². The summed E-state index contributed by atoms with van der Waals surface area (Å²) < 4.78 is 10.5. The molecule has 5 nitrogen and oxygen atoms in total. The minimum Gasteiger partial charge on any atom is -0.464 e. The number of nitrogens with one attached hydrogen (secondary N) is 1. The van der Waals surface area contributed by atoms with Crippen LogP contribution in [-0.4, -0.2) is 29.8 Å². The first-order chi connectivity index (χ1) is 10.6. The number of esters is 1. The fourth-order valence-electron chi connectivity index (χ4n) is 2.70. The lowest BCUT2D eigenvalue weighted by molar-refractivity contribution is -0.150. The lowest BCUT2D eigenvalue weighted by Gasteiger charge is -2.29. The highest BCUT2D eigenvalue weighted by atomic mass is 35.5. The standard InChI is InChI=1S/C17H22ClNO4/c1-5-22-14(20)17(19-15(21)23-16(2,3)4)9-11-6-7-13(18)8-12(11)10-17/h6-8H,5,9-10H2,1-4H3,(H,19,21)/t17-/m0/s1. The molecule has 1 aliphatic carbocycles. The van der Waals surface area contributed by atoms with Crippen molar-refractivity contribution in [3.05, 3.63) is 34.3 Å². The summed E-state index contributed by atoms with van der Waals surface area (Å²) in [6.45, 7) is 7.29. The minimum atomic E-state index is -1.15. The Kier molecular flexibility index (Phi) is 4.90. The van der Waals surface area contributed by atoms with Crippen molar-refractivity contribution in [1.82, 2.24) is 5.32 Å². The van der Waals surface area contributed by atoms with E-state index in [-0.39, 0.29) is 6.61 Å². The molecule has 0 aliphatic heterocycles. The Morgan fingerprint density at radius 2 is 1.91 bits per heavy atom. The second kappa shape index (κ2) is 6.40. The summed E-state index contributed by atoms with van der Waals surface area (Å²) in [4.78, 5) is 24.7. The monoisotopic (exact) mass is 339 g/mol. The zero-order chi connectivity index (χ0) is 17.3. The van der Waals surface area contributed by atoms with Crippen LogP contribution in [0.15, 0.2) is 18.2 Å². The molecule has 0 fully saturated rings. The summed E-state index contributed by atoms with van der Waals surface area (Å²) in [7, 11) is 0. The van der Waals surface area contributed by atoms with E-state index >= 15 is 0 Å². The Morgan fingerprint density at radius 1 is 1.26 bits per heavy atom. The van der Waals surface area contributed by atoms with Gasteiger partial charge in [0.1, 0.15) is 11.1 Å². The highest BCUT2D eigenvalue weighted by Gasteiger charge is 2.47. The maximum absolute atomic E-state index is 12.5. The lowest BCUT2D eigenvalue weighted by atomic mass is 9.96. The van der Waals surface area contributed by atoms with E-state index in [0.717, 1.165) is 11.1 Å². The molecular weight excluding hydrogens is 318 g/mol. The van der Waals surface area contributed by atoms with Crippen LogP contribution in [0.2, 0.25) is 5.02 Å². The number of hydrogen-bond acceptors (Lipinski definition) is 4. The van der Waals surface area contributed by atoms with Crippen LogP contribution in [0.4, 0.5) is 4.79 Å². The minimum absolute atomic E-state index is 0.244. The molecule has 0 aromatic heterocycles. The van der Waals surface area contributed by atoms with E-state index in [4.69, 9.17) is 21.1 Å². The van der Waals surface area contributed by atoms with Gasteiger partial charge < -0.3 is 14.8 Å². The molecule has 126 valence electrons. The molecule has 1 amide bonds. The van der Waals surface area contributed by atoms with Gasteiger partial charge in [0.05, 0.1) is 6.61 Å². The molecule has 0 radical (unpaired) electrons. The van der Waals surface area contributed by atoms with Crippen molar-refractivity contribution in [3.63, 3.8) is 0 Å². The molecule has 0 saturated heterocycles. The Bertz CT molecular complexity index is 624. The van der Waals surface area contributed by atoms with Gasteiger partial charge >= 0.3 is 12.1 Å². The van der Waals surface area contributed by atoms with E-state index in [2.05, 4.69) is 5.32 Å². The number of amides is 1. The maximum atomic E-state index is 12.5.